The van der Waals surface area contributed by atoms with Crippen LogP contribution in [-0.2, 0) is 0 Å². The summed E-state index contributed by atoms with van der Waals surface area (Å²) in [6.45, 7) is 2.98. The predicted molar refractivity (Wildman–Crippen MR) is 62.7 cm³/mol. The van der Waals surface area contributed by atoms with Crippen molar-refractivity contribution in [3.05, 3.63) is 12.1 Å². The number of nitrogens with one attached hydrogen (secondary N) is 1. The highest BCUT2D eigenvalue weighted by Gasteiger charge is 2.10. The van der Waals surface area contributed by atoms with E-state index in [1.54, 1.807) is 20.3 Å². The van der Waals surface area contributed by atoms with Crippen LogP contribution in [0.25, 0.3) is 0 Å². The molecule has 0 aliphatic carbocycles. The molecule has 3 N–H and O–H groups in total. The largest absolute Gasteiger partial charge is 0.493 e. The smallest absolute Gasteiger partial charge is 0.184 e. The molecule has 0 heterocycles. The van der Waals surface area contributed by atoms with Crippen molar-refractivity contribution in [2.24, 2.45) is 0 Å². The van der Waals surface area contributed by atoms with E-state index in [9.17, 15) is 0 Å². The molecule has 0 amide bonds. The van der Waals surface area contributed by atoms with Gasteiger partial charge >= 0.3 is 0 Å². The number of anilines is 2. The highest BCUT2D eigenvalue weighted by molar-refractivity contribution is 5.69. The van der Waals surface area contributed by atoms with Crippen LogP contribution in [-0.4, -0.2) is 20.8 Å². The van der Waals surface area contributed by atoms with Gasteiger partial charge in [-0.15, -0.1) is 0 Å². The van der Waals surface area contributed by atoms with Crippen molar-refractivity contribution in [3.63, 3.8) is 0 Å². The Bertz CT molecular complexity index is 327. The first kappa shape index (κ1) is 11.5. The molecule has 0 bridgehead atoms. The van der Waals surface area contributed by atoms with E-state index in [1.165, 1.54) is 0 Å². The fourth-order valence-corrected chi connectivity index (χ4v) is 1.38. The van der Waals surface area contributed by atoms with Gasteiger partial charge in [0.2, 0.25) is 0 Å². The molecule has 0 unspecified atom stereocenters. The van der Waals surface area contributed by atoms with Gasteiger partial charge < -0.3 is 20.5 Å². The lowest BCUT2D eigenvalue weighted by molar-refractivity contribution is 0.356. The minimum atomic E-state index is 0.649. The number of nitrogen functional groups attached to an aromatic ring is 1. The molecule has 1 rings (SSSR count). The van der Waals surface area contributed by atoms with Crippen molar-refractivity contribution >= 4 is 11.4 Å². The van der Waals surface area contributed by atoms with Crippen LogP contribution >= 0.6 is 0 Å². The second-order valence-electron chi connectivity index (χ2n) is 3.23. The Morgan fingerprint density at radius 2 is 2.00 bits per heavy atom. The van der Waals surface area contributed by atoms with E-state index in [1.807, 2.05) is 6.07 Å². The van der Waals surface area contributed by atoms with Crippen molar-refractivity contribution in [1.29, 1.82) is 0 Å². The maximum atomic E-state index is 5.75. The van der Waals surface area contributed by atoms with E-state index in [0.29, 0.717) is 17.2 Å². The molecule has 0 aliphatic heterocycles. The summed E-state index contributed by atoms with van der Waals surface area (Å²) in [6, 6.07) is 3.59. The van der Waals surface area contributed by atoms with E-state index >= 15 is 0 Å². The number of hydrogen-bond donors (Lipinski definition) is 2. The number of nitrogens with two attached hydrogens (primary N) is 1. The summed E-state index contributed by atoms with van der Waals surface area (Å²) in [5.74, 6) is 1.34. The Morgan fingerprint density at radius 3 is 2.53 bits per heavy atom. The fraction of sp³-hybridized carbons (Fsp3) is 0.455. The maximum Gasteiger partial charge on any atom is 0.184 e. The number of hydrogen-bond acceptors (Lipinski definition) is 4. The van der Waals surface area contributed by atoms with Crippen LogP contribution in [0.5, 0.6) is 11.5 Å². The van der Waals surface area contributed by atoms with Crippen LogP contribution in [0.1, 0.15) is 13.3 Å². The number of rotatable bonds is 5. The van der Waals surface area contributed by atoms with Gasteiger partial charge in [-0.3, -0.25) is 0 Å². The molecule has 0 radical (unpaired) electrons. The quantitative estimate of drug-likeness (QED) is 0.731. The zero-order valence-corrected chi connectivity index (χ0v) is 9.46. The topological polar surface area (TPSA) is 56.5 Å². The standard InChI is InChI=1S/C11H18N2O2/c1-4-5-13-9-6-8(12)7-10(14-2)11(9)15-3/h6-7,13H,4-5,12H2,1-3H3. The first-order chi connectivity index (χ1) is 7.22. The molecule has 0 saturated carbocycles. The van der Waals surface area contributed by atoms with Gasteiger partial charge in [0.1, 0.15) is 0 Å². The van der Waals surface area contributed by atoms with Gasteiger partial charge in [0.05, 0.1) is 19.9 Å². The van der Waals surface area contributed by atoms with Gasteiger partial charge in [0.25, 0.3) is 0 Å². The molecule has 84 valence electrons. The second-order valence-corrected chi connectivity index (χ2v) is 3.23. The fourth-order valence-electron chi connectivity index (χ4n) is 1.38. The molecular weight excluding hydrogens is 192 g/mol. The van der Waals surface area contributed by atoms with E-state index in [4.69, 9.17) is 15.2 Å². The van der Waals surface area contributed by atoms with Crippen LogP contribution in [0.2, 0.25) is 0 Å². The average molecular weight is 210 g/mol. The third kappa shape index (κ3) is 2.68. The summed E-state index contributed by atoms with van der Waals surface area (Å²) in [7, 11) is 3.21. The first-order valence-electron chi connectivity index (χ1n) is 4.98. The number of benzene rings is 1. The Balaban J connectivity index is 3.05. The van der Waals surface area contributed by atoms with Crippen LogP contribution < -0.4 is 20.5 Å². The van der Waals surface area contributed by atoms with Gasteiger partial charge in [-0.05, 0) is 12.5 Å². The van der Waals surface area contributed by atoms with Crippen LogP contribution in [0.3, 0.4) is 0 Å². The SMILES string of the molecule is CCCNc1cc(N)cc(OC)c1OC. The third-order valence-corrected chi connectivity index (χ3v) is 2.07. The highest BCUT2D eigenvalue weighted by atomic mass is 16.5. The van der Waals surface area contributed by atoms with Crippen molar-refractivity contribution in [3.8, 4) is 11.5 Å². The average Bonchev–Trinajstić information content (AvgIpc) is 2.25. The molecule has 0 atom stereocenters. The van der Waals surface area contributed by atoms with Gasteiger partial charge in [0.15, 0.2) is 11.5 Å². The lowest BCUT2D eigenvalue weighted by Crippen LogP contribution is -2.04. The first-order valence-corrected chi connectivity index (χ1v) is 4.98. The Labute approximate surface area is 90.4 Å². The summed E-state index contributed by atoms with van der Waals surface area (Å²) >= 11 is 0. The lowest BCUT2D eigenvalue weighted by atomic mass is 10.2. The van der Waals surface area contributed by atoms with Crippen LogP contribution in [0, 0.1) is 0 Å². The minimum absolute atomic E-state index is 0.649. The van der Waals surface area contributed by atoms with E-state index < -0.39 is 0 Å². The van der Waals surface area contributed by atoms with Crippen molar-refractivity contribution in [2.75, 3.05) is 31.8 Å². The number of methoxy groups -OCH3 is 2. The van der Waals surface area contributed by atoms with E-state index in [0.717, 1.165) is 18.7 Å². The number of ether oxygens (including phenoxy) is 2. The minimum Gasteiger partial charge on any atom is -0.493 e. The summed E-state index contributed by atoms with van der Waals surface area (Å²) in [6.07, 6.45) is 1.04. The molecule has 0 aliphatic rings. The summed E-state index contributed by atoms with van der Waals surface area (Å²) < 4.78 is 10.5. The zero-order valence-electron chi connectivity index (χ0n) is 9.46. The molecule has 0 saturated heterocycles. The van der Waals surface area contributed by atoms with E-state index in [-0.39, 0.29) is 0 Å². The molecule has 4 nitrogen and oxygen atoms in total. The van der Waals surface area contributed by atoms with Gasteiger partial charge in [-0.25, -0.2) is 0 Å². The molecule has 1 aromatic carbocycles. The molecule has 0 aromatic heterocycles. The Morgan fingerprint density at radius 1 is 1.27 bits per heavy atom. The molecule has 15 heavy (non-hydrogen) atoms. The molecule has 4 heteroatoms. The van der Waals surface area contributed by atoms with Gasteiger partial charge in [-0.1, -0.05) is 6.92 Å². The van der Waals surface area contributed by atoms with E-state index in [2.05, 4.69) is 12.2 Å². The molecular formula is C11H18N2O2. The zero-order chi connectivity index (χ0) is 11.3. The summed E-state index contributed by atoms with van der Waals surface area (Å²) in [5, 5.41) is 3.24. The normalized spacial score (nSPS) is 9.80. The second kappa shape index (κ2) is 5.34. The molecule has 1 aromatic rings. The Kier molecular flexibility index (Phi) is 4.09. The van der Waals surface area contributed by atoms with Gasteiger partial charge in [0, 0.05) is 18.3 Å². The summed E-state index contributed by atoms with van der Waals surface area (Å²) in [4.78, 5) is 0. The van der Waals surface area contributed by atoms with Crippen molar-refractivity contribution < 1.29 is 9.47 Å². The maximum absolute atomic E-state index is 5.75. The molecule has 0 fully saturated rings. The van der Waals surface area contributed by atoms with Gasteiger partial charge in [-0.2, -0.15) is 0 Å². The highest BCUT2D eigenvalue weighted by Crippen LogP contribution is 2.37. The Hall–Kier alpha value is -1.58. The van der Waals surface area contributed by atoms with Crippen molar-refractivity contribution in [2.45, 2.75) is 13.3 Å². The monoisotopic (exact) mass is 210 g/mol. The molecule has 0 spiro atoms. The third-order valence-electron chi connectivity index (χ3n) is 2.07. The summed E-state index contributed by atoms with van der Waals surface area (Å²) in [5.41, 5.74) is 7.28. The van der Waals surface area contributed by atoms with Crippen molar-refractivity contribution in [1.82, 2.24) is 0 Å². The lowest BCUT2D eigenvalue weighted by Gasteiger charge is -2.14. The van der Waals surface area contributed by atoms with Crippen LogP contribution in [0.15, 0.2) is 12.1 Å². The predicted octanol–water partition coefficient (Wildman–Crippen LogP) is 2.11. The van der Waals surface area contributed by atoms with Crippen LogP contribution in [0.4, 0.5) is 11.4 Å².